The Labute approximate surface area is 186 Å². The molecule has 1 saturated heterocycles. The summed E-state index contributed by atoms with van der Waals surface area (Å²) in [5.74, 6) is -0.171. The number of rotatable bonds is 6. The molecule has 2 aromatic carbocycles. The summed E-state index contributed by atoms with van der Waals surface area (Å²) >= 11 is 0. The molecule has 0 bridgehead atoms. The van der Waals surface area contributed by atoms with Gasteiger partial charge in [0, 0.05) is 29.5 Å². The molecular formula is C24H24N2O5S. The lowest BCUT2D eigenvalue weighted by Crippen LogP contribution is -2.37. The van der Waals surface area contributed by atoms with Crippen LogP contribution in [0.5, 0.6) is 0 Å². The number of piperidine rings is 1. The first kappa shape index (κ1) is 22.0. The zero-order valence-electron chi connectivity index (χ0n) is 17.6. The Morgan fingerprint density at radius 1 is 1.09 bits per heavy atom. The molecule has 2 heterocycles. The van der Waals surface area contributed by atoms with Crippen molar-refractivity contribution < 1.29 is 22.4 Å². The first-order chi connectivity index (χ1) is 15.3. The first-order valence-electron chi connectivity index (χ1n) is 10.4. The van der Waals surface area contributed by atoms with Gasteiger partial charge in [-0.15, -0.1) is 0 Å². The van der Waals surface area contributed by atoms with Crippen molar-refractivity contribution in [3.05, 3.63) is 72.0 Å². The Morgan fingerprint density at radius 3 is 2.62 bits per heavy atom. The van der Waals surface area contributed by atoms with Crippen LogP contribution in [0.15, 0.2) is 70.2 Å². The van der Waals surface area contributed by atoms with Crippen LogP contribution in [0.1, 0.15) is 28.8 Å². The summed E-state index contributed by atoms with van der Waals surface area (Å²) in [5.41, 5.74) is 1.50. The molecule has 3 aromatic rings. The van der Waals surface area contributed by atoms with Crippen LogP contribution in [0.4, 0.5) is 5.69 Å². The van der Waals surface area contributed by atoms with Gasteiger partial charge in [-0.25, -0.2) is 8.42 Å². The Balaban J connectivity index is 1.71. The minimum absolute atomic E-state index is 0.0142. The molecule has 1 unspecified atom stereocenters. The maximum Gasteiger partial charge on any atom is 0.228 e. The van der Waals surface area contributed by atoms with E-state index in [9.17, 15) is 18.0 Å². The Bertz CT molecular complexity index is 1240. The monoisotopic (exact) mass is 452 g/mol. The molecule has 1 aromatic heterocycles. The number of nitrogens with one attached hydrogen (secondary N) is 2. The van der Waals surface area contributed by atoms with E-state index in [1.54, 1.807) is 36.6 Å². The predicted molar refractivity (Wildman–Crippen MR) is 121 cm³/mol. The fourth-order valence-corrected chi connectivity index (χ4v) is 4.42. The lowest BCUT2D eigenvalue weighted by atomic mass is 9.97. The van der Waals surface area contributed by atoms with Crippen molar-refractivity contribution in [3.8, 4) is 11.3 Å². The molecule has 1 atom stereocenters. The second-order valence-electron chi connectivity index (χ2n) is 7.90. The summed E-state index contributed by atoms with van der Waals surface area (Å²) in [5, 5.41) is 6.04. The minimum Gasteiger partial charge on any atom is -0.464 e. The van der Waals surface area contributed by atoms with Crippen molar-refractivity contribution in [1.29, 1.82) is 0 Å². The molecule has 166 valence electrons. The largest absolute Gasteiger partial charge is 0.464 e. The third-order valence-corrected chi connectivity index (χ3v) is 6.63. The summed E-state index contributed by atoms with van der Waals surface area (Å²) in [6.07, 6.45) is 4.29. The second-order valence-corrected chi connectivity index (χ2v) is 9.92. The highest BCUT2D eigenvalue weighted by molar-refractivity contribution is 7.90. The number of hydrogen-bond acceptors (Lipinski definition) is 6. The van der Waals surface area contributed by atoms with Crippen LogP contribution in [-0.4, -0.2) is 39.5 Å². The van der Waals surface area contributed by atoms with Crippen molar-refractivity contribution in [2.75, 3.05) is 24.7 Å². The van der Waals surface area contributed by atoms with Crippen molar-refractivity contribution in [3.63, 3.8) is 0 Å². The number of anilines is 1. The summed E-state index contributed by atoms with van der Waals surface area (Å²) < 4.78 is 29.6. The van der Waals surface area contributed by atoms with Crippen LogP contribution in [-0.2, 0) is 14.6 Å². The normalized spacial score (nSPS) is 16.5. The van der Waals surface area contributed by atoms with E-state index >= 15 is 0 Å². The zero-order valence-corrected chi connectivity index (χ0v) is 18.4. The van der Waals surface area contributed by atoms with Gasteiger partial charge in [0.05, 0.1) is 22.8 Å². The van der Waals surface area contributed by atoms with Gasteiger partial charge in [0.1, 0.15) is 5.76 Å². The molecule has 0 saturated carbocycles. The third-order valence-electron chi connectivity index (χ3n) is 5.52. The van der Waals surface area contributed by atoms with Gasteiger partial charge in [-0.3, -0.25) is 9.59 Å². The molecule has 0 spiro atoms. The number of sulfone groups is 1. The van der Waals surface area contributed by atoms with E-state index in [0.29, 0.717) is 23.6 Å². The molecular weight excluding hydrogens is 428 g/mol. The van der Waals surface area contributed by atoms with Gasteiger partial charge >= 0.3 is 0 Å². The molecule has 0 aliphatic carbocycles. The number of amides is 1. The standard InChI is InChI=1S/C24H24N2O5S/c1-32(29,30)19-9-10-21(26-24(28)18-7-3-11-25-15-18)20(14-19)23(27)17-6-2-5-16(13-17)22-8-4-12-31-22/h2,4-6,8-10,12-14,18,25H,3,7,11,15H2,1H3,(H,26,28). The van der Waals surface area contributed by atoms with Crippen molar-refractivity contribution in [1.82, 2.24) is 5.32 Å². The first-order valence-corrected chi connectivity index (χ1v) is 12.3. The van der Waals surface area contributed by atoms with Gasteiger partial charge in [-0.05, 0) is 55.8 Å². The molecule has 1 aliphatic heterocycles. The summed E-state index contributed by atoms with van der Waals surface area (Å²) in [6, 6.07) is 14.6. The average molecular weight is 453 g/mol. The quantitative estimate of drug-likeness (QED) is 0.555. The van der Waals surface area contributed by atoms with E-state index in [1.165, 1.54) is 18.2 Å². The molecule has 4 rings (SSSR count). The van der Waals surface area contributed by atoms with Gasteiger partial charge in [0.15, 0.2) is 15.6 Å². The van der Waals surface area contributed by atoms with Gasteiger partial charge in [-0.1, -0.05) is 18.2 Å². The molecule has 1 fully saturated rings. The smallest absolute Gasteiger partial charge is 0.228 e. The highest BCUT2D eigenvalue weighted by atomic mass is 32.2. The Kier molecular flexibility index (Phi) is 6.25. The SMILES string of the molecule is CS(=O)(=O)c1ccc(NC(=O)C2CCCNC2)c(C(=O)c2cccc(-c3ccco3)c2)c1. The van der Waals surface area contributed by atoms with Crippen molar-refractivity contribution >= 4 is 27.2 Å². The van der Waals surface area contributed by atoms with Crippen LogP contribution in [0.25, 0.3) is 11.3 Å². The van der Waals surface area contributed by atoms with Gasteiger partial charge < -0.3 is 15.1 Å². The van der Waals surface area contributed by atoms with E-state index in [-0.39, 0.29) is 28.1 Å². The molecule has 2 N–H and O–H groups in total. The van der Waals surface area contributed by atoms with Crippen LogP contribution in [0.3, 0.4) is 0 Å². The van der Waals surface area contributed by atoms with E-state index in [2.05, 4.69) is 10.6 Å². The predicted octanol–water partition coefficient (Wildman–Crippen LogP) is 3.52. The van der Waals surface area contributed by atoms with Crippen LogP contribution in [0.2, 0.25) is 0 Å². The Hall–Kier alpha value is -3.23. The van der Waals surface area contributed by atoms with E-state index in [4.69, 9.17) is 4.42 Å². The average Bonchev–Trinajstić information content (AvgIpc) is 3.34. The van der Waals surface area contributed by atoms with E-state index < -0.39 is 9.84 Å². The number of furan rings is 1. The lowest BCUT2D eigenvalue weighted by Gasteiger charge is -2.22. The summed E-state index contributed by atoms with van der Waals surface area (Å²) in [6.45, 7) is 1.45. The zero-order chi connectivity index (χ0) is 22.7. The number of carbonyl (C=O) groups excluding carboxylic acids is 2. The molecule has 32 heavy (non-hydrogen) atoms. The molecule has 1 amide bonds. The number of benzene rings is 2. The highest BCUT2D eigenvalue weighted by Crippen LogP contribution is 2.27. The molecule has 8 heteroatoms. The van der Waals surface area contributed by atoms with E-state index in [1.807, 2.05) is 6.07 Å². The molecule has 1 aliphatic rings. The second kappa shape index (κ2) is 9.10. The van der Waals surface area contributed by atoms with Crippen molar-refractivity contribution in [2.45, 2.75) is 17.7 Å². The highest BCUT2D eigenvalue weighted by Gasteiger charge is 2.24. The Morgan fingerprint density at radius 2 is 1.94 bits per heavy atom. The number of carbonyl (C=O) groups is 2. The lowest BCUT2D eigenvalue weighted by molar-refractivity contribution is -0.120. The van der Waals surface area contributed by atoms with Crippen LogP contribution in [0, 0.1) is 5.92 Å². The maximum absolute atomic E-state index is 13.4. The van der Waals surface area contributed by atoms with Crippen molar-refractivity contribution in [2.24, 2.45) is 5.92 Å². The van der Waals surface area contributed by atoms with Gasteiger partial charge in [-0.2, -0.15) is 0 Å². The third kappa shape index (κ3) is 4.81. The fourth-order valence-electron chi connectivity index (χ4n) is 3.77. The van der Waals surface area contributed by atoms with E-state index in [0.717, 1.165) is 31.2 Å². The van der Waals surface area contributed by atoms with Gasteiger partial charge in [0.25, 0.3) is 0 Å². The maximum atomic E-state index is 13.4. The minimum atomic E-state index is -3.54. The molecule has 0 radical (unpaired) electrons. The van der Waals surface area contributed by atoms with Crippen LogP contribution < -0.4 is 10.6 Å². The van der Waals surface area contributed by atoms with Gasteiger partial charge in [0.2, 0.25) is 5.91 Å². The topological polar surface area (TPSA) is 105 Å². The summed E-state index contributed by atoms with van der Waals surface area (Å²) in [4.78, 5) is 26.2. The number of ketones is 1. The molecule has 7 nitrogen and oxygen atoms in total. The van der Waals surface area contributed by atoms with Crippen LogP contribution >= 0.6 is 0 Å². The summed E-state index contributed by atoms with van der Waals surface area (Å²) in [7, 11) is -3.54. The fraction of sp³-hybridized carbons (Fsp3) is 0.250. The number of hydrogen-bond donors (Lipinski definition) is 2.